The van der Waals surface area contributed by atoms with E-state index >= 15 is 0 Å². The second-order valence-corrected chi connectivity index (χ2v) is 3.04. The van der Waals surface area contributed by atoms with Gasteiger partial charge in [0.2, 0.25) is 0 Å². The van der Waals surface area contributed by atoms with Crippen molar-refractivity contribution < 1.29 is 9.13 Å². The van der Waals surface area contributed by atoms with Crippen molar-refractivity contribution in [1.29, 1.82) is 5.26 Å². The highest BCUT2D eigenvalue weighted by molar-refractivity contribution is 5.23. The van der Waals surface area contributed by atoms with Gasteiger partial charge in [0.15, 0.2) is 11.6 Å². The summed E-state index contributed by atoms with van der Waals surface area (Å²) in [7, 11) is 1.71. The molecule has 0 aromatic heterocycles. The lowest BCUT2D eigenvalue weighted by molar-refractivity contribution is 0.286. The molecule has 1 atom stereocenters. The molecule has 0 amide bonds. The van der Waals surface area contributed by atoms with E-state index in [9.17, 15) is 4.39 Å². The summed E-state index contributed by atoms with van der Waals surface area (Å²) in [6, 6.07) is 8.03. The summed E-state index contributed by atoms with van der Waals surface area (Å²) >= 11 is 0. The van der Waals surface area contributed by atoms with Crippen LogP contribution in [0.25, 0.3) is 0 Å². The maximum atomic E-state index is 13.1. The van der Waals surface area contributed by atoms with Gasteiger partial charge >= 0.3 is 0 Å². The fraction of sp³-hybridized carbons (Fsp3) is 0.364. The predicted molar refractivity (Wildman–Crippen MR) is 55.0 cm³/mol. The van der Waals surface area contributed by atoms with Gasteiger partial charge in [-0.15, -0.1) is 0 Å². The Hall–Kier alpha value is -1.60. The van der Waals surface area contributed by atoms with Gasteiger partial charge in [0.25, 0.3) is 0 Å². The van der Waals surface area contributed by atoms with Crippen LogP contribution in [0, 0.1) is 17.1 Å². The van der Waals surface area contributed by atoms with Gasteiger partial charge in [-0.2, -0.15) is 5.26 Å². The van der Waals surface area contributed by atoms with Gasteiger partial charge in [-0.3, -0.25) is 0 Å². The zero-order chi connectivity index (χ0) is 11.1. The SMILES string of the molecule is CNC(C#N)CCOc1ccccc1F. The van der Waals surface area contributed by atoms with Crippen LogP contribution in [-0.2, 0) is 0 Å². The quantitative estimate of drug-likeness (QED) is 0.801. The highest BCUT2D eigenvalue weighted by Gasteiger charge is 2.05. The number of para-hydroxylation sites is 1. The Morgan fingerprint density at radius 1 is 1.53 bits per heavy atom. The molecule has 0 bridgehead atoms. The van der Waals surface area contributed by atoms with Gasteiger partial charge in [0, 0.05) is 6.42 Å². The van der Waals surface area contributed by atoms with Crippen LogP contribution in [0.3, 0.4) is 0 Å². The van der Waals surface area contributed by atoms with Crippen LogP contribution >= 0.6 is 0 Å². The van der Waals surface area contributed by atoms with E-state index in [0.717, 1.165) is 0 Å². The van der Waals surface area contributed by atoms with E-state index in [4.69, 9.17) is 10.00 Å². The Kier molecular flexibility index (Phi) is 4.58. The average molecular weight is 208 g/mol. The van der Waals surface area contributed by atoms with Crippen molar-refractivity contribution in [3.8, 4) is 11.8 Å². The highest BCUT2D eigenvalue weighted by atomic mass is 19.1. The summed E-state index contributed by atoms with van der Waals surface area (Å²) in [6.45, 7) is 0.319. The molecule has 0 saturated carbocycles. The van der Waals surface area contributed by atoms with Crippen LogP contribution < -0.4 is 10.1 Å². The molecule has 1 aromatic rings. The van der Waals surface area contributed by atoms with Gasteiger partial charge in [0.1, 0.15) is 0 Å². The van der Waals surface area contributed by atoms with Crippen molar-refractivity contribution in [2.24, 2.45) is 0 Å². The van der Waals surface area contributed by atoms with E-state index in [1.807, 2.05) is 0 Å². The van der Waals surface area contributed by atoms with E-state index in [1.165, 1.54) is 6.07 Å². The fourth-order valence-electron chi connectivity index (χ4n) is 1.12. The van der Waals surface area contributed by atoms with Crippen molar-refractivity contribution in [3.05, 3.63) is 30.1 Å². The lowest BCUT2D eigenvalue weighted by Gasteiger charge is -2.09. The normalized spacial score (nSPS) is 11.8. The average Bonchev–Trinajstić information content (AvgIpc) is 2.27. The van der Waals surface area contributed by atoms with Crippen LogP contribution in [0.2, 0.25) is 0 Å². The standard InChI is InChI=1S/C11H13FN2O/c1-14-9(8-13)6-7-15-11-5-3-2-4-10(11)12/h2-5,9,14H,6-7H2,1H3. The van der Waals surface area contributed by atoms with Crippen LogP contribution in [0.15, 0.2) is 24.3 Å². The molecule has 0 radical (unpaired) electrons. The van der Waals surface area contributed by atoms with Crippen LogP contribution in [0.1, 0.15) is 6.42 Å². The van der Waals surface area contributed by atoms with E-state index < -0.39 is 0 Å². The van der Waals surface area contributed by atoms with Gasteiger partial charge < -0.3 is 10.1 Å². The fourth-order valence-corrected chi connectivity index (χ4v) is 1.12. The van der Waals surface area contributed by atoms with Crippen molar-refractivity contribution in [2.45, 2.75) is 12.5 Å². The van der Waals surface area contributed by atoms with Gasteiger partial charge in [0.05, 0.1) is 18.7 Å². The summed E-state index contributed by atoms with van der Waals surface area (Å²) in [4.78, 5) is 0. The Labute approximate surface area is 88.5 Å². The maximum absolute atomic E-state index is 13.1. The van der Waals surface area contributed by atoms with E-state index in [0.29, 0.717) is 13.0 Å². The lowest BCUT2D eigenvalue weighted by Crippen LogP contribution is -2.25. The summed E-state index contributed by atoms with van der Waals surface area (Å²) in [5.41, 5.74) is 0. The zero-order valence-corrected chi connectivity index (χ0v) is 8.53. The first-order valence-corrected chi connectivity index (χ1v) is 4.72. The van der Waals surface area contributed by atoms with E-state index in [1.54, 1.807) is 25.2 Å². The van der Waals surface area contributed by atoms with Crippen molar-refractivity contribution >= 4 is 0 Å². The van der Waals surface area contributed by atoms with Gasteiger partial charge in [-0.05, 0) is 19.2 Å². The topological polar surface area (TPSA) is 45.0 Å². The van der Waals surface area contributed by atoms with Crippen LogP contribution in [0.5, 0.6) is 5.75 Å². The van der Waals surface area contributed by atoms with Gasteiger partial charge in [-0.25, -0.2) is 4.39 Å². The minimum Gasteiger partial charge on any atom is -0.490 e. The van der Waals surface area contributed by atoms with Crippen molar-refractivity contribution in [2.75, 3.05) is 13.7 Å². The molecule has 3 nitrogen and oxygen atoms in total. The minimum absolute atomic E-state index is 0.227. The molecule has 0 saturated heterocycles. The lowest BCUT2D eigenvalue weighted by atomic mass is 10.2. The monoisotopic (exact) mass is 208 g/mol. The molecule has 0 fully saturated rings. The molecular formula is C11H13FN2O. The number of ether oxygens (including phenoxy) is 1. The molecule has 80 valence electrons. The number of hydrogen-bond acceptors (Lipinski definition) is 3. The second-order valence-electron chi connectivity index (χ2n) is 3.04. The molecule has 0 aliphatic carbocycles. The molecule has 4 heteroatoms. The smallest absolute Gasteiger partial charge is 0.165 e. The molecule has 15 heavy (non-hydrogen) atoms. The van der Waals surface area contributed by atoms with E-state index in [2.05, 4.69) is 11.4 Å². The molecule has 1 unspecified atom stereocenters. The van der Waals surface area contributed by atoms with Crippen molar-refractivity contribution in [1.82, 2.24) is 5.32 Å². The molecule has 0 heterocycles. The Balaban J connectivity index is 2.39. The first-order chi connectivity index (χ1) is 7.27. The Bertz CT molecular complexity index is 349. The Morgan fingerprint density at radius 3 is 2.87 bits per heavy atom. The zero-order valence-electron chi connectivity index (χ0n) is 8.53. The molecular weight excluding hydrogens is 195 g/mol. The highest BCUT2D eigenvalue weighted by Crippen LogP contribution is 2.15. The molecule has 1 aromatic carbocycles. The summed E-state index contributed by atoms with van der Waals surface area (Å²) in [6.07, 6.45) is 0.529. The third kappa shape index (κ3) is 3.56. The van der Waals surface area contributed by atoms with Crippen LogP contribution in [0.4, 0.5) is 4.39 Å². The largest absolute Gasteiger partial charge is 0.490 e. The third-order valence-corrected chi connectivity index (χ3v) is 2.01. The third-order valence-electron chi connectivity index (χ3n) is 2.01. The summed E-state index contributed by atoms with van der Waals surface area (Å²) < 4.78 is 18.3. The maximum Gasteiger partial charge on any atom is 0.165 e. The number of benzene rings is 1. The van der Waals surface area contributed by atoms with Crippen LogP contribution in [-0.4, -0.2) is 19.7 Å². The molecule has 1 rings (SSSR count). The number of nitrogens with one attached hydrogen (secondary N) is 1. The van der Waals surface area contributed by atoms with Crippen molar-refractivity contribution in [3.63, 3.8) is 0 Å². The first-order valence-electron chi connectivity index (χ1n) is 4.72. The molecule has 0 aliphatic heterocycles. The number of nitriles is 1. The molecule has 0 aliphatic rings. The number of nitrogens with zero attached hydrogens (tertiary/aromatic N) is 1. The predicted octanol–water partition coefficient (Wildman–Crippen LogP) is 1.71. The second kappa shape index (κ2) is 5.99. The number of rotatable bonds is 5. The Morgan fingerprint density at radius 2 is 2.27 bits per heavy atom. The van der Waals surface area contributed by atoms with Gasteiger partial charge in [-0.1, -0.05) is 12.1 Å². The number of hydrogen-bond donors (Lipinski definition) is 1. The number of halogens is 1. The molecule has 0 spiro atoms. The summed E-state index contributed by atoms with van der Waals surface area (Å²) in [5, 5.41) is 11.5. The van der Waals surface area contributed by atoms with E-state index in [-0.39, 0.29) is 17.6 Å². The molecule has 1 N–H and O–H groups in total. The first kappa shape index (κ1) is 11.5. The summed E-state index contributed by atoms with van der Waals surface area (Å²) in [5.74, 6) is -0.152. The minimum atomic E-state index is -0.379.